The molecule has 0 fully saturated rings. The second-order valence-corrected chi connectivity index (χ2v) is 4.90. The van der Waals surface area contributed by atoms with Crippen molar-refractivity contribution >= 4 is 21.8 Å². The SMILES string of the molecule is CN(C(=O)c1ccccc1)C(Br)c1ccccc1. The zero-order valence-corrected chi connectivity index (χ0v) is 11.7. The molecule has 1 unspecified atom stereocenters. The highest BCUT2D eigenvalue weighted by Gasteiger charge is 2.19. The average Bonchev–Trinajstić information content (AvgIpc) is 2.47. The van der Waals surface area contributed by atoms with Gasteiger partial charge < -0.3 is 4.90 Å². The largest absolute Gasteiger partial charge is 0.325 e. The van der Waals surface area contributed by atoms with Crippen LogP contribution in [0.1, 0.15) is 20.9 Å². The van der Waals surface area contributed by atoms with Gasteiger partial charge in [0.05, 0.1) is 0 Å². The molecule has 0 aliphatic carbocycles. The molecule has 0 bridgehead atoms. The molecule has 0 heterocycles. The normalized spacial score (nSPS) is 11.9. The predicted octanol–water partition coefficient (Wildman–Crippen LogP) is 3.85. The van der Waals surface area contributed by atoms with Crippen molar-refractivity contribution in [1.82, 2.24) is 4.90 Å². The lowest BCUT2D eigenvalue weighted by Gasteiger charge is -2.23. The van der Waals surface area contributed by atoms with Gasteiger partial charge in [-0.2, -0.15) is 0 Å². The Kier molecular flexibility index (Phi) is 4.15. The standard InChI is InChI=1S/C15H14BrNO/c1-17(14(16)12-8-4-2-5-9-12)15(18)13-10-6-3-7-11-13/h2-11,14H,1H3. The second-order valence-electron chi connectivity index (χ2n) is 4.03. The van der Waals surface area contributed by atoms with E-state index in [9.17, 15) is 4.79 Å². The van der Waals surface area contributed by atoms with Crippen LogP contribution >= 0.6 is 15.9 Å². The van der Waals surface area contributed by atoms with Gasteiger partial charge in [-0.25, -0.2) is 0 Å². The first-order chi connectivity index (χ1) is 8.70. The molecular formula is C15H14BrNO. The Labute approximate surface area is 115 Å². The molecule has 0 aliphatic rings. The highest BCUT2D eigenvalue weighted by Crippen LogP contribution is 2.26. The van der Waals surface area contributed by atoms with Gasteiger partial charge in [-0.15, -0.1) is 0 Å². The van der Waals surface area contributed by atoms with Crippen molar-refractivity contribution in [3.8, 4) is 0 Å². The van der Waals surface area contributed by atoms with E-state index in [-0.39, 0.29) is 10.9 Å². The summed E-state index contributed by atoms with van der Waals surface area (Å²) in [6.45, 7) is 0. The summed E-state index contributed by atoms with van der Waals surface area (Å²) >= 11 is 3.55. The summed E-state index contributed by atoms with van der Waals surface area (Å²) in [7, 11) is 1.79. The fourth-order valence-electron chi connectivity index (χ4n) is 1.72. The molecule has 18 heavy (non-hydrogen) atoms. The summed E-state index contributed by atoms with van der Waals surface area (Å²) < 4.78 is 0. The van der Waals surface area contributed by atoms with E-state index in [4.69, 9.17) is 0 Å². The van der Waals surface area contributed by atoms with E-state index in [2.05, 4.69) is 15.9 Å². The van der Waals surface area contributed by atoms with E-state index in [1.807, 2.05) is 60.7 Å². The van der Waals surface area contributed by atoms with Gasteiger partial charge >= 0.3 is 0 Å². The van der Waals surface area contributed by atoms with Crippen LogP contribution in [0.15, 0.2) is 60.7 Å². The monoisotopic (exact) mass is 303 g/mol. The molecule has 0 saturated heterocycles. The Morgan fingerprint density at radius 3 is 2.06 bits per heavy atom. The number of carbonyl (C=O) groups excluding carboxylic acids is 1. The third kappa shape index (κ3) is 2.79. The van der Waals surface area contributed by atoms with Crippen molar-refractivity contribution < 1.29 is 4.79 Å². The number of hydrogen-bond acceptors (Lipinski definition) is 1. The predicted molar refractivity (Wildman–Crippen MR) is 76.6 cm³/mol. The number of rotatable bonds is 3. The van der Waals surface area contributed by atoms with Gasteiger partial charge in [0, 0.05) is 12.6 Å². The minimum atomic E-state index is -0.119. The summed E-state index contributed by atoms with van der Waals surface area (Å²) in [6, 6.07) is 19.2. The molecule has 0 saturated carbocycles. The Morgan fingerprint density at radius 2 is 1.50 bits per heavy atom. The molecule has 0 radical (unpaired) electrons. The van der Waals surface area contributed by atoms with E-state index in [0.29, 0.717) is 5.56 Å². The maximum absolute atomic E-state index is 12.3. The molecule has 92 valence electrons. The molecule has 2 rings (SSSR count). The first-order valence-electron chi connectivity index (χ1n) is 5.71. The first-order valence-corrected chi connectivity index (χ1v) is 6.63. The fraction of sp³-hybridized carbons (Fsp3) is 0.133. The maximum atomic E-state index is 12.3. The average molecular weight is 304 g/mol. The van der Waals surface area contributed by atoms with Crippen LogP contribution in [0, 0.1) is 0 Å². The van der Waals surface area contributed by atoms with Gasteiger partial charge in [0.25, 0.3) is 5.91 Å². The van der Waals surface area contributed by atoms with E-state index in [1.165, 1.54) is 0 Å². The van der Waals surface area contributed by atoms with Crippen molar-refractivity contribution in [3.63, 3.8) is 0 Å². The number of nitrogens with zero attached hydrogens (tertiary/aromatic N) is 1. The van der Waals surface area contributed by atoms with Gasteiger partial charge in [0.15, 0.2) is 0 Å². The number of halogens is 1. The third-order valence-corrected chi connectivity index (χ3v) is 3.90. The molecule has 2 aromatic rings. The van der Waals surface area contributed by atoms with Crippen molar-refractivity contribution in [2.24, 2.45) is 0 Å². The Bertz CT molecular complexity index is 513. The van der Waals surface area contributed by atoms with Crippen molar-refractivity contribution in [3.05, 3.63) is 71.8 Å². The molecule has 3 heteroatoms. The van der Waals surface area contributed by atoms with Crippen molar-refractivity contribution in [2.45, 2.75) is 4.95 Å². The van der Waals surface area contributed by atoms with Crippen LogP contribution in [0.4, 0.5) is 0 Å². The molecular weight excluding hydrogens is 290 g/mol. The lowest BCUT2D eigenvalue weighted by Crippen LogP contribution is -2.28. The van der Waals surface area contributed by atoms with Gasteiger partial charge in [-0.1, -0.05) is 64.5 Å². The smallest absolute Gasteiger partial charge is 0.254 e. The first kappa shape index (κ1) is 12.8. The van der Waals surface area contributed by atoms with E-state index < -0.39 is 0 Å². The van der Waals surface area contributed by atoms with Crippen LogP contribution in [0.3, 0.4) is 0 Å². The van der Waals surface area contributed by atoms with Crippen LogP contribution in [0.2, 0.25) is 0 Å². The zero-order chi connectivity index (χ0) is 13.0. The van der Waals surface area contributed by atoms with Crippen LogP contribution in [0.25, 0.3) is 0 Å². The summed E-state index contributed by atoms with van der Waals surface area (Å²) in [5.41, 5.74) is 1.75. The minimum Gasteiger partial charge on any atom is -0.325 e. The number of hydrogen-bond donors (Lipinski definition) is 0. The topological polar surface area (TPSA) is 20.3 Å². The zero-order valence-electron chi connectivity index (χ0n) is 10.1. The van der Waals surface area contributed by atoms with Gasteiger partial charge in [0.1, 0.15) is 4.95 Å². The van der Waals surface area contributed by atoms with Crippen LogP contribution < -0.4 is 0 Å². The summed E-state index contributed by atoms with van der Waals surface area (Å²) in [6.07, 6.45) is 0. The molecule has 0 spiro atoms. The Balaban J connectivity index is 2.17. The van der Waals surface area contributed by atoms with Gasteiger partial charge in [0.2, 0.25) is 0 Å². The number of benzene rings is 2. The van der Waals surface area contributed by atoms with Gasteiger partial charge in [-0.05, 0) is 17.7 Å². The summed E-state index contributed by atoms with van der Waals surface area (Å²) in [5, 5.41) is 0. The number of alkyl halides is 1. The van der Waals surface area contributed by atoms with Crippen LogP contribution in [0.5, 0.6) is 0 Å². The lowest BCUT2D eigenvalue weighted by atomic mass is 10.1. The quantitative estimate of drug-likeness (QED) is 0.623. The second kappa shape index (κ2) is 5.83. The van der Waals surface area contributed by atoms with Crippen molar-refractivity contribution in [2.75, 3.05) is 7.05 Å². The molecule has 0 N–H and O–H groups in total. The van der Waals surface area contributed by atoms with E-state index in [1.54, 1.807) is 11.9 Å². The summed E-state index contributed by atoms with van der Waals surface area (Å²) in [4.78, 5) is 13.8. The fourth-order valence-corrected chi connectivity index (χ4v) is 2.21. The Hall–Kier alpha value is -1.61. The highest BCUT2D eigenvalue weighted by atomic mass is 79.9. The number of carbonyl (C=O) groups is 1. The molecule has 1 amide bonds. The third-order valence-electron chi connectivity index (χ3n) is 2.76. The summed E-state index contributed by atoms with van der Waals surface area (Å²) in [5.74, 6) is 0.00123. The van der Waals surface area contributed by atoms with Crippen LogP contribution in [-0.4, -0.2) is 17.9 Å². The molecule has 2 aromatic carbocycles. The maximum Gasteiger partial charge on any atom is 0.254 e. The van der Waals surface area contributed by atoms with Crippen molar-refractivity contribution in [1.29, 1.82) is 0 Å². The number of amides is 1. The Morgan fingerprint density at radius 1 is 1.00 bits per heavy atom. The highest BCUT2D eigenvalue weighted by molar-refractivity contribution is 9.09. The lowest BCUT2D eigenvalue weighted by molar-refractivity contribution is 0.0783. The van der Waals surface area contributed by atoms with Gasteiger partial charge in [-0.3, -0.25) is 4.79 Å². The molecule has 2 nitrogen and oxygen atoms in total. The molecule has 0 aliphatic heterocycles. The minimum absolute atomic E-state index is 0.00123. The molecule has 0 aromatic heterocycles. The molecule has 1 atom stereocenters. The van der Waals surface area contributed by atoms with Crippen LogP contribution in [-0.2, 0) is 0 Å². The van der Waals surface area contributed by atoms with E-state index in [0.717, 1.165) is 5.56 Å². The van der Waals surface area contributed by atoms with E-state index >= 15 is 0 Å².